The first kappa shape index (κ1) is 19.1. The summed E-state index contributed by atoms with van der Waals surface area (Å²) >= 11 is 0. The molecule has 3 saturated heterocycles. The van der Waals surface area contributed by atoms with E-state index in [-0.39, 0.29) is 5.91 Å². The van der Waals surface area contributed by atoms with E-state index in [0.29, 0.717) is 24.0 Å². The van der Waals surface area contributed by atoms with E-state index in [4.69, 9.17) is 4.74 Å². The molecule has 144 valence electrons. The number of methoxy groups -OCH3 is 1. The Morgan fingerprint density at radius 2 is 1.88 bits per heavy atom. The zero-order chi connectivity index (χ0) is 17.9. The fourth-order valence-corrected chi connectivity index (χ4v) is 5.23. The lowest BCUT2D eigenvalue weighted by molar-refractivity contribution is -0.130. The predicted octanol–water partition coefficient (Wildman–Crippen LogP) is 0.650. The van der Waals surface area contributed by atoms with Gasteiger partial charge in [-0.25, -0.2) is 0 Å². The predicted molar refractivity (Wildman–Crippen MR) is 97.4 cm³/mol. The largest absolute Gasteiger partial charge is 0.396 e. The number of amides is 1. The molecule has 0 aliphatic carbocycles. The Balaban J connectivity index is 1.51. The van der Waals surface area contributed by atoms with Crippen LogP contribution in [-0.4, -0.2) is 97.9 Å². The highest BCUT2D eigenvalue weighted by atomic mass is 16.5. The van der Waals surface area contributed by atoms with Crippen molar-refractivity contribution < 1.29 is 14.6 Å². The summed E-state index contributed by atoms with van der Waals surface area (Å²) in [4.78, 5) is 18.6. The molecule has 1 N–H and O–H groups in total. The molecule has 1 atom stereocenters. The Labute approximate surface area is 152 Å². The van der Waals surface area contributed by atoms with Crippen LogP contribution in [0.25, 0.3) is 0 Å². The first-order chi connectivity index (χ1) is 12.1. The van der Waals surface area contributed by atoms with Gasteiger partial charge in [-0.05, 0) is 44.2 Å². The maximum atomic E-state index is 11.5. The van der Waals surface area contributed by atoms with Crippen LogP contribution in [0.2, 0.25) is 0 Å². The summed E-state index contributed by atoms with van der Waals surface area (Å²) in [6.07, 6.45) is 4.59. The lowest BCUT2D eigenvalue weighted by Gasteiger charge is -2.46. The molecule has 0 bridgehead atoms. The number of carbonyl (C=O) groups is 1. The van der Waals surface area contributed by atoms with Crippen molar-refractivity contribution in [1.82, 2.24) is 14.7 Å². The monoisotopic (exact) mass is 353 g/mol. The number of carbonyl (C=O) groups excluding carboxylic acids is 1. The van der Waals surface area contributed by atoms with Crippen LogP contribution in [0, 0.1) is 11.3 Å². The highest BCUT2D eigenvalue weighted by molar-refractivity contribution is 5.73. The van der Waals surface area contributed by atoms with Gasteiger partial charge in [0.25, 0.3) is 0 Å². The van der Waals surface area contributed by atoms with Crippen molar-refractivity contribution >= 4 is 5.91 Å². The molecule has 1 unspecified atom stereocenters. The molecule has 3 aliphatic rings. The number of hydrogen-bond donors (Lipinski definition) is 1. The van der Waals surface area contributed by atoms with E-state index < -0.39 is 0 Å². The van der Waals surface area contributed by atoms with Gasteiger partial charge in [0.05, 0.1) is 6.61 Å². The van der Waals surface area contributed by atoms with Crippen molar-refractivity contribution in [2.24, 2.45) is 11.3 Å². The molecular weight excluding hydrogens is 318 g/mol. The number of likely N-dealkylation sites (tertiary alicyclic amines) is 3. The fourth-order valence-electron chi connectivity index (χ4n) is 5.23. The quantitative estimate of drug-likeness (QED) is 0.787. The van der Waals surface area contributed by atoms with Gasteiger partial charge < -0.3 is 24.5 Å². The van der Waals surface area contributed by atoms with E-state index in [2.05, 4.69) is 9.80 Å². The zero-order valence-electron chi connectivity index (χ0n) is 16.0. The van der Waals surface area contributed by atoms with Crippen molar-refractivity contribution in [2.45, 2.75) is 38.6 Å². The zero-order valence-corrected chi connectivity index (χ0v) is 16.0. The molecule has 0 saturated carbocycles. The van der Waals surface area contributed by atoms with Crippen molar-refractivity contribution in [3.8, 4) is 0 Å². The molecule has 0 aromatic heterocycles. The average molecular weight is 354 g/mol. The molecular formula is C19H35N3O3. The first-order valence-corrected chi connectivity index (χ1v) is 9.90. The molecule has 0 aromatic carbocycles. The molecule has 3 fully saturated rings. The maximum absolute atomic E-state index is 11.5. The molecule has 6 nitrogen and oxygen atoms in total. The second-order valence-electron chi connectivity index (χ2n) is 8.24. The minimum absolute atomic E-state index is 0.212. The van der Waals surface area contributed by atoms with Crippen LogP contribution in [0.3, 0.4) is 0 Å². The SMILES string of the molecule is COCCN1CC(CO)C2(CCN(C3CCN(C(C)=O)CC3)CC2)C1. The van der Waals surface area contributed by atoms with Crippen LogP contribution in [0.5, 0.6) is 0 Å². The maximum Gasteiger partial charge on any atom is 0.219 e. The Kier molecular flexibility index (Phi) is 6.36. The second kappa shape index (κ2) is 8.33. The van der Waals surface area contributed by atoms with Crippen molar-refractivity contribution in [3.63, 3.8) is 0 Å². The molecule has 6 heteroatoms. The van der Waals surface area contributed by atoms with Gasteiger partial charge in [-0.15, -0.1) is 0 Å². The van der Waals surface area contributed by atoms with Crippen molar-refractivity contribution in [2.75, 3.05) is 66.1 Å². The van der Waals surface area contributed by atoms with Crippen LogP contribution in [-0.2, 0) is 9.53 Å². The topological polar surface area (TPSA) is 56.3 Å². The number of aliphatic hydroxyl groups excluding tert-OH is 1. The number of piperidine rings is 2. The minimum atomic E-state index is 0.212. The number of aliphatic hydroxyl groups is 1. The van der Waals surface area contributed by atoms with Crippen molar-refractivity contribution in [1.29, 1.82) is 0 Å². The van der Waals surface area contributed by atoms with Gasteiger partial charge in [-0.3, -0.25) is 4.79 Å². The third kappa shape index (κ3) is 4.18. The van der Waals surface area contributed by atoms with E-state index in [9.17, 15) is 9.90 Å². The van der Waals surface area contributed by atoms with Gasteiger partial charge >= 0.3 is 0 Å². The van der Waals surface area contributed by atoms with Gasteiger partial charge in [0, 0.05) is 65.3 Å². The second-order valence-corrected chi connectivity index (χ2v) is 8.24. The van der Waals surface area contributed by atoms with E-state index in [1.165, 1.54) is 12.8 Å². The van der Waals surface area contributed by atoms with Gasteiger partial charge in [0.1, 0.15) is 0 Å². The smallest absolute Gasteiger partial charge is 0.219 e. The molecule has 1 amide bonds. The number of nitrogens with zero attached hydrogens (tertiary/aromatic N) is 3. The molecule has 1 spiro atoms. The normalized spacial score (nSPS) is 28.8. The third-order valence-corrected chi connectivity index (χ3v) is 6.94. The van der Waals surface area contributed by atoms with E-state index in [0.717, 1.165) is 65.3 Å². The van der Waals surface area contributed by atoms with E-state index in [1.807, 2.05) is 4.90 Å². The molecule has 0 aromatic rings. The lowest BCUT2D eigenvalue weighted by atomic mass is 9.71. The summed E-state index contributed by atoms with van der Waals surface area (Å²) in [5.41, 5.74) is 0.291. The summed E-state index contributed by atoms with van der Waals surface area (Å²) < 4.78 is 5.23. The molecule has 3 rings (SSSR count). The van der Waals surface area contributed by atoms with Crippen LogP contribution in [0.1, 0.15) is 32.6 Å². The molecule has 0 radical (unpaired) electrons. The average Bonchev–Trinajstić information content (AvgIpc) is 2.98. The number of rotatable bonds is 5. The summed E-state index contributed by atoms with van der Waals surface area (Å²) in [5, 5.41) is 9.91. The van der Waals surface area contributed by atoms with Crippen molar-refractivity contribution in [3.05, 3.63) is 0 Å². The van der Waals surface area contributed by atoms with Gasteiger partial charge in [0.15, 0.2) is 0 Å². The highest BCUT2D eigenvalue weighted by Gasteiger charge is 2.48. The van der Waals surface area contributed by atoms with Crippen LogP contribution >= 0.6 is 0 Å². The Hall–Kier alpha value is -0.690. The van der Waals surface area contributed by atoms with Gasteiger partial charge in [0.2, 0.25) is 5.91 Å². The first-order valence-electron chi connectivity index (χ1n) is 9.90. The van der Waals surface area contributed by atoms with Gasteiger partial charge in [-0.2, -0.15) is 0 Å². The summed E-state index contributed by atoms with van der Waals surface area (Å²) in [5.74, 6) is 0.620. The van der Waals surface area contributed by atoms with Crippen LogP contribution < -0.4 is 0 Å². The van der Waals surface area contributed by atoms with Gasteiger partial charge in [-0.1, -0.05) is 0 Å². The summed E-state index contributed by atoms with van der Waals surface area (Å²) in [7, 11) is 1.76. The lowest BCUT2D eigenvalue weighted by Crippen LogP contribution is -2.52. The minimum Gasteiger partial charge on any atom is -0.396 e. The fraction of sp³-hybridized carbons (Fsp3) is 0.947. The molecule has 3 aliphatic heterocycles. The summed E-state index contributed by atoms with van der Waals surface area (Å²) in [6, 6.07) is 0.631. The Morgan fingerprint density at radius 3 is 2.44 bits per heavy atom. The van der Waals surface area contributed by atoms with Crippen LogP contribution in [0.15, 0.2) is 0 Å². The highest BCUT2D eigenvalue weighted by Crippen LogP contribution is 2.45. The third-order valence-electron chi connectivity index (χ3n) is 6.94. The van der Waals surface area contributed by atoms with Crippen LogP contribution in [0.4, 0.5) is 0 Å². The summed E-state index contributed by atoms with van der Waals surface area (Å²) in [6.45, 7) is 9.94. The van der Waals surface area contributed by atoms with E-state index >= 15 is 0 Å². The number of hydrogen-bond acceptors (Lipinski definition) is 5. The Bertz CT molecular complexity index is 443. The number of ether oxygens (including phenoxy) is 1. The Morgan fingerprint density at radius 1 is 1.20 bits per heavy atom. The standard InChI is InChI=1S/C19H35N3O3/c1-16(24)21-7-3-18(4-8-21)22-9-5-19(6-10-22)15-20(11-12-25-2)13-17(19)14-23/h17-18,23H,3-15H2,1-2H3. The molecule has 3 heterocycles. The molecule has 25 heavy (non-hydrogen) atoms. The van der Waals surface area contributed by atoms with E-state index in [1.54, 1.807) is 14.0 Å².